The first kappa shape index (κ1) is 17.3. The van der Waals surface area contributed by atoms with Crippen molar-refractivity contribution in [2.45, 2.75) is 32.7 Å². The Morgan fingerprint density at radius 1 is 1.29 bits per heavy atom. The highest BCUT2D eigenvalue weighted by Crippen LogP contribution is 2.28. The zero-order chi connectivity index (χ0) is 15.8. The average Bonchev–Trinajstić information content (AvgIpc) is 2.51. The Morgan fingerprint density at radius 3 is 2.48 bits per heavy atom. The molecule has 0 aromatic heterocycles. The monoisotopic (exact) mass is 294 g/mol. The smallest absolute Gasteiger partial charge is 0.337 e. The molecule has 0 fully saturated rings. The Hall–Kier alpha value is -1.75. The highest BCUT2D eigenvalue weighted by Gasteiger charge is 2.19. The maximum atomic E-state index is 11.7. The van der Waals surface area contributed by atoms with E-state index in [-0.39, 0.29) is 5.97 Å². The fourth-order valence-electron chi connectivity index (χ4n) is 2.46. The first-order valence-corrected chi connectivity index (χ1v) is 7.32. The van der Waals surface area contributed by atoms with Crippen LogP contribution in [0, 0.1) is 0 Å². The van der Waals surface area contributed by atoms with Crippen molar-refractivity contribution >= 4 is 17.3 Å². The van der Waals surface area contributed by atoms with Crippen molar-refractivity contribution in [2.24, 2.45) is 0 Å². The van der Waals surface area contributed by atoms with E-state index in [9.17, 15) is 4.79 Å². The molecule has 118 valence electrons. The molecule has 0 bridgehead atoms. The van der Waals surface area contributed by atoms with Gasteiger partial charge in [0, 0.05) is 19.7 Å². The Balaban J connectivity index is 3.18. The van der Waals surface area contributed by atoms with Gasteiger partial charge in [-0.25, -0.2) is 4.79 Å². The number of anilines is 2. The van der Waals surface area contributed by atoms with Crippen LogP contribution in [0.25, 0.3) is 0 Å². The van der Waals surface area contributed by atoms with Gasteiger partial charge in [-0.1, -0.05) is 13.8 Å². The molecule has 0 radical (unpaired) electrons. The SMILES string of the molecule is CCC(CC)N(CCOC)c1cc(C(=O)OC)ccc1N. The molecule has 0 atom stereocenters. The average molecular weight is 294 g/mol. The topological polar surface area (TPSA) is 64.8 Å². The van der Waals surface area contributed by atoms with E-state index in [0.717, 1.165) is 25.1 Å². The summed E-state index contributed by atoms with van der Waals surface area (Å²) < 4.78 is 9.98. The number of ether oxygens (including phenoxy) is 2. The highest BCUT2D eigenvalue weighted by atomic mass is 16.5. The van der Waals surface area contributed by atoms with Gasteiger partial charge in [-0.2, -0.15) is 0 Å². The number of carbonyl (C=O) groups is 1. The van der Waals surface area contributed by atoms with Gasteiger partial charge in [0.1, 0.15) is 0 Å². The van der Waals surface area contributed by atoms with Crippen molar-refractivity contribution < 1.29 is 14.3 Å². The Morgan fingerprint density at radius 2 is 1.95 bits per heavy atom. The molecule has 0 unspecified atom stereocenters. The van der Waals surface area contributed by atoms with Crippen molar-refractivity contribution in [3.05, 3.63) is 23.8 Å². The number of nitrogens with two attached hydrogens (primary N) is 1. The van der Waals surface area contributed by atoms with Crippen LogP contribution < -0.4 is 10.6 Å². The lowest BCUT2D eigenvalue weighted by Gasteiger charge is -2.33. The van der Waals surface area contributed by atoms with E-state index in [1.54, 1.807) is 25.3 Å². The number of hydrogen-bond donors (Lipinski definition) is 1. The van der Waals surface area contributed by atoms with Crippen LogP contribution in [0.1, 0.15) is 37.0 Å². The van der Waals surface area contributed by atoms with E-state index in [0.29, 0.717) is 23.9 Å². The normalized spacial score (nSPS) is 10.7. The molecule has 1 rings (SSSR count). The van der Waals surface area contributed by atoms with Gasteiger partial charge in [-0.3, -0.25) is 0 Å². The van der Waals surface area contributed by atoms with Crippen molar-refractivity contribution in [1.82, 2.24) is 0 Å². The fourth-order valence-corrected chi connectivity index (χ4v) is 2.46. The molecule has 0 amide bonds. The van der Waals surface area contributed by atoms with Gasteiger partial charge in [0.15, 0.2) is 0 Å². The summed E-state index contributed by atoms with van der Waals surface area (Å²) in [5.41, 5.74) is 8.15. The molecular formula is C16H26N2O3. The Kier molecular flexibility index (Phi) is 7.02. The third kappa shape index (κ3) is 4.36. The maximum Gasteiger partial charge on any atom is 0.337 e. The van der Waals surface area contributed by atoms with Crippen molar-refractivity contribution in [3.8, 4) is 0 Å². The van der Waals surface area contributed by atoms with Gasteiger partial charge < -0.3 is 20.1 Å². The molecule has 1 aromatic carbocycles. The molecule has 1 aromatic rings. The number of benzene rings is 1. The summed E-state index contributed by atoms with van der Waals surface area (Å²) in [6.45, 7) is 5.64. The minimum atomic E-state index is -0.354. The number of rotatable bonds is 8. The Bertz CT molecular complexity index is 459. The molecule has 0 aliphatic carbocycles. The molecule has 0 aliphatic rings. The van der Waals surface area contributed by atoms with Crippen molar-refractivity contribution in [2.75, 3.05) is 38.0 Å². The number of nitrogens with zero attached hydrogens (tertiary/aromatic N) is 1. The van der Waals surface area contributed by atoms with Gasteiger partial charge in [0.05, 0.1) is 30.7 Å². The van der Waals surface area contributed by atoms with Gasteiger partial charge in [0.2, 0.25) is 0 Å². The first-order valence-electron chi connectivity index (χ1n) is 7.32. The Labute approximate surface area is 127 Å². The molecular weight excluding hydrogens is 268 g/mol. The lowest BCUT2D eigenvalue weighted by Crippen LogP contribution is -2.37. The third-order valence-electron chi connectivity index (χ3n) is 3.68. The van der Waals surface area contributed by atoms with Crippen LogP contribution >= 0.6 is 0 Å². The van der Waals surface area contributed by atoms with Crippen LogP contribution in [0.5, 0.6) is 0 Å². The first-order chi connectivity index (χ1) is 10.1. The fraction of sp³-hybridized carbons (Fsp3) is 0.562. The molecule has 5 heteroatoms. The van der Waals surface area contributed by atoms with Gasteiger partial charge >= 0.3 is 5.97 Å². The molecule has 2 N–H and O–H groups in total. The van der Waals surface area contributed by atoms with Gasteiger partial charge in [0.25, 0.3) is 0 Å². The summed E-state index contributed by atoms with van der Waals surface area (Å²) in [4.78, 5) is 13.9. The summed E-state index contributed by atoms with van der Waals surface area (Å²) in [5.74, 6) is -0.354. The van der Waals surface area contributed by atoms with E-state index in [2.05, 4.69) is 18.7 Å². The summed E-state index contributed by atoms with van der Waals surface area (Å²) in [6, 6.07) is 5.60. The van der Waals surface area contributed by atoms with E-state index >= 15 is 0 Å². The minimum Gasteiger partial charge on any atom is -0.465 e. The molecule has 0 saturated carbocycles. The van der Waals surface area contributed by atoms with E-state index in [4.69, 9.17) is 15.2 Å². The van der Waals surface area contributed by atoms with Crippen LogP contribution in [0.2, 0.25) is 0 Å². The summed E-state index contributed by atoms with van der Waals surface area (Å²) >= 11 is 0. The second-order valence-electron chi connectivity index (χ2n) is 4.92. The number of nitrogen functional groups attached to an aromatic ring is 1. The quantitative estimate of drug-likeness (QED) is 0.590. The summed E-state index contributed by atoms with van der Waals surface area (Å²) in [5, 5.41) is 0. The van der Waals surface area contributed by atoms with Crippen molar-refractivity contribution in [3.63, 3.8) is 0 Å². The van der Waals surface area contributed by atoms with Gasteiger partial charge in [-0.05, 0) is 31.0 Å². The molecule has 0 heterocycles. The zero-order valence-corrected chi connectivity index (χ0v) is 13.4. The molecule has 0 saturated heterocycles. The number of esters is 1. The second kappa shape index (κ2) is 8.52. The molecule has 0 aliphatic heterocycles. The van der Waals surface area contributed by atoms with E-state index in [1.165, 1.54) is 7.11 Å². The van der Waals surface area contributed by atoms with Crippen molar-refractivity contribution in [1.29, 1.82) is 0 Å². The molecule has 5 nitrogen and oxygen atoms in total. The highest BCUT2D eigenvalue weighted by molar-refractivity contribution is 5.92. The van der Waals surface area contributed by atoms with Crippen LogP contribution in [0.4, 0.5) is 11.4 Å². The standard InChI is InChI=1S/C16H26N2O3/c1-5-13(6-2)18(9-10-20-3)15-11-12(16(19)21-4)7-8-14(15)17/h7-8,11,13H,5-6,9-10,17H2,1-4H3. The van der Waals surface area contributed by atoms with Crippen LogP contribution in [-0.4, -0.2) is 39.4 Å². The number of methoxy groups -OCH3 is 2. The minimum absolute atomic E-state index is 0.354. The lowest BCUT2D eigenvalue weighted by atomic mass is 10.1. The van der Waals surface area contributed by atoms with Gasteiger partial charge in [-0.15, -0.1) is 0 Å². The largest absolute Gasteiger partial charge is 0.465 e. The van der Waals surface area contributed by atoms with Crippen LogP contribution in [0.15, 0.2) is 18.2 Å². The summed E-state index contributed by atoms with van der Waals surface area (Å²) in [6.07, 6.45) is 2.00. The van der Waals surface area contributed by atoms with E-state index in [1.807, 2.05) is 0 Å². The van der Waals surface area contributed by atoms with Crippen LogP contribution in [-0.2, 0) is 9.47 Å². The maximum absolute atomic E-state index is 11.7. The second-order valence-corrected chi connectivity index (χ2v) is 4.92. The lowest BCUT2D eigenvalue weighted by molar-refractivity contribution is 0.0601. The summed E-state index contributed by atoms with van der Waals surface area (Å²) in [7, 11) is 3.06. The predicted molar refractivity (Wildman–Crippen MR) is 85.8 cm³/mol. The molecule has 21 heavy (non-hydrogen) atoms. The number of hydrogen-bond acceptors (Lipinski definition) is 5. The predicted octanol–water partition coefficient (Wildman–Crippen LogP) is 2.70. The number of carbonyl (C=O) groups excluding carboxylic acids is 1. The third-order valence-corrected chi connectivity index (χ3v) is 3.68. The molecule has 0 spiro atoms. The van der Waals surface area contributed by atoms with Crippen LogP contribution in [0.3, 0.4) is 0 Å². The zero-order valence-electron chi connectivity index (χ0n) is 13.4. The van der Waals surface area contributed by atoms with E-state index < -0.39 is 0 Å².